The van der Waals surface area contributed by atoms with Crippen LogP contribution < -0.4 is 0 Å². The van der Waals surface area contributed by atoms with Gasteiger partial charge >= 0.3 is 5.97 Å². The first-order valence-electron chi connectivity index (χ1n) is 10.3. The van der Waals surface area contributed by atoms with Crippen LogP contribution in [0.15, 0.2) is 11.3 Å². The number of Topliss-reactive ketones (excluding diaryl/α,β-unsaturated/α-hetero) is 1. The van der Waals surface area contributed by atoms with Crippen LogP contribution in [0.1, 0.15) is 104 Å². The van der Waals surface area contributed by atoms with E-state index >= 15 is 0 Å². The molecule has 0 amide bonds. The van der Waals surface area contributed by atoms with Crippen molar-refractivity contribution in [2.75, 3.05) is 0 Å². The minimum Gasteiger partial charge on any atom is -0.511 e. The monoisotopic (exact) mass is 352 g/mol. The fourth-order valence-electron chi connectivity index (χ4n) is 3.27. The second-order valence-electron chi connectivity index (χ2n) is 7.20. The number of cyclic esters (lactones) is 1. The van der Waals surface area contributed by atoms with Gasteiger partial charge in [-0.25, -0.2) is 4.79 Å². The molecule has 0 saturated heterocycles. The van der Waals surface area contributed by atoms with Crippen molar-refractivity contribution in [3.63, 3.8) is 0 Å². The van der Waals surface area contributed by atoms with Crippen LogP contribution in [0.2, 0.25) is 0 Å². The fourth-order valence-corrected chi connectivity index (χ4v) is 3.27. The first-order chi connectivity index (χ1) is 12.1. The Bertz CT molecular complexity index is 439. The van der Waals surface area contributed by atoms with Gasteiger partial charge in [0.25, 0.3) is 0 Å². The lowest BCUT2D eigenvalue weighted by Gasteiger charge is -2.24. The molecule has 0 spiro atoms. The maximum absolute atomic E-state index is 12.0. The summed E-state index contributed by atoms with van der Waals surface area (Å²) in [6.07, 6.45) is 13.9. The van der Waals surface area contributed by atoms with E-state index in [1.165, 1.54) is 44.9 Å². The van der Waals surface area contributed by atoms with Crippen molar-refractivity contribution in [2.45, 2.75) is 110 Å². The Morgan fingerprint density at radius 2 is 1.52 bits per heavy atom. The number of unbranched alkanes of at least 4 members (excludes halogenated alkanes) is 9. The number of hydrogen-bond acceptors (Lipinski definition) is 4. The topological polar surface area (TPSA) is 63.6 Å². The van der Waals surface area contributed by atoms with Gasteiger partial charge in [-0.05, 0) is 19.3 Å². The molecular formula is C21H36O4. The van der Waals surface area contributed by atoms with Crippen molar-refractivity contribution in [1.82, 2.24) is 0 Å². The summed E-state index contributed by atoms with van der Waals surface area (Å²) in [5.41, 5.74) is -0.114. The Balaban J connectivity index is 2.22. The molecule has 0 aliphatic carbocycles. The SMILES string of the molecule is CCCCCCCCCCCC1CC(O)=C(C(=O)CCCC)C(=O)O1. The largest absolute Gasteiger partial charge is 0.511 e. The number of hydrogen-bond donors (Lipinski definition) is 1. The molecule has 0 fully saturated rings. The Morgan fingerprint density at radius 1 is 0.960 bits per heavy atom. The zero-order valence-corrected chi connectivity index (χ0v) is 16.1. The summed E-state index contributed by atoms with van der Waals surface area (Å²) in [4.78, 5) is 24.0. The summed E-state index contributed by atoms with van der Waals surface area (Å²) < 4.78 is 5.36. The normalized spacial score (nSPS) is 17.7. The molecule has 0 aromatic heterocycles. The third-order valence-corrected chi connectivity index (χ3v) is 4.85. The van der Waals surface area contributed by atoms with E-state index < -0.39 is 5.97 Å². The van der Waals surface area contributed by atoms with Gasteiger partial charge in [-0.15, -0.1) is 0 Å². The smallest absolute Gasteiger partial charge is 0.345 e. The predicted molar refractivity (Wildman–Crippen MR) is 101 cm³/mol. The second-order valence-corrected chi connectivity index (χ2v) is 7.20. The standard InChI is InChI=1S/C21H36O4/c1-3-5-7-8-9-10-11-12-13-14-17-16-19(23)20(21(24)25-17)18(22)15-6-4-2/h17,23H,3-16H2,1-2H3. The van der Waals surface area contributed by atoms with E-state index in [4.69, 9.17) is 4.74 Å². The van der Waals surface area contributed by atoms with E-state index in [2.05, 4.69) is 6.92 Å². The van der Waals surface area contributed by atoms with Gasteiger partial charge in [-0.3, -0.25) is 4.79 Å². The number of rotatable bonds is 14. The third kappa shape index (κ3) is 8.55. The average Bonchev–Trinajstić information content (AvgIpc) is 2.58. The maximum atomic E-state index is 12.0. The van der Waals surface area contributed by atoms with Crippen LogP contribution >= 0.6 is 0 Å². The molecule has 1 aliphatic heterocycles. The van der Waals surface area contributed by atoms with Crippen molar-refractivity contribution >= 4 is 11.8 Å². The van der Waals surface area contributed by atoms with Gasteiger partial charge in [-0.2, -0.15) is 0 Å². The molecule has 0 aromatic rings. The summed E-state index contributed by atoms with van der Waals surface area (Å²) in [6, 6.07) is 0. The van der Waals surface area contributed by atoms with Crippen LogP contribution in [0.3, 0.4) is 0 Å². The number of ether oxygens (including phenoxy) is 1. The molecule has 4 nitrogen and oxygen atoms in total. The molecule has 0 bridgehead atoms. The van der Waals surface area contributed by atoms with E-state index in [0.717, 1.165) is 32.1 Å². The van der Waals surface area contributed by atoms with Crippen LogP contribution in [-0.4, -0.2) is 23.0 Å². The number of aliphatic hydroxyl groups excluding tert-OH is 1. The summed E-state index contributed by atoms with van der Waals surface area (Å²) >= 11 is 0. The van der Waals surface area contributed by atoms with Gasteiger partial charge < -0.3 is 9.84 Å². The van der Waals surface area contributed by atoms with Crippen molar-refractivity contribution in [2.24, 2.45) is 0 Å². The van der Waals surface area contributed by atoms with Gasteiger partial charge in [0.15, 0.2) is 5.78 Å². The summed E-state index contributed by atoms with van der Waals surface area (Å²) in [7, 11) is 0. The highest BCUT2D eigenvalue weighted by atomic mass is 16.5. The van der Waals surface area contributed by atoms with Crippen LogP contribution in [-0.2, 0) is 14.3 Å². The predicted octanol–water partition coefficient (Wildman–Crippen LogP) is 5.79. The Hall–Kier alpha value is -1.32. The summed E-state index contributed by atoms with van der Waals surface area (Å²) in [5, 5.41) is 10.1. The Kier molecular flexibility index (Phi) is 11.3. The van der Waals surface area contributed by atoms with Crippen LogP contribution in [0.5, 0.6) is 0 Å². The molecule has 144 valence electrons. The van der Waals surface area contributed by atoms with Crippen LogP contribution in [0, 0.1) is 0 Å². The van der Waals surface area contributed by atoms with Crippen molar-refractivity contribution < 1.29 is 19.4 Å². The highest BCUT2D eigenvalue weighted by Gasteiger charge is 2.32. The molecule has 0 saturated carbocycles. The van der Waals surface area contributed by atoms with Crippen LogP contribution in [0.25, 0.3) is 0 Å². The van der Waals surface area contributed by atoms with E-state index in [9.17, 15) is 14.7 Å². The van der Waals surface area contributed by atoms with E-state index in [-0.39, 0.29) is 29.6 Å². The number of ketones is 1. The average molecular weight is 353 g/mol. The number of esters is 1. The Morgan fingerprint density at radius 3 is 2.08 bits per heavy atom. The fraction of sp³-hybridized carbons (Fsp3) is 0.810. The second kappa shape index (κ2) is 13.0. The van der Waals surface area contributed by atoms with E-state index in [1.54, 1.807) is 0 Å². The van der Waals surface area contributed by atoms with Gasteiger partial charge in [-0.1, -0.05) is 71.6 Å². The Labute approximate surface area is 153 Å². The zero-order valence-electron chi connectivity index (χ0n) is 16.1. The summed E-state index contributed by atoms with van der Waals surface area (Å²) in [5.74, 6) is -0.991. The van der Waals surface area contributed by atoms with Crippen molar-refractivity contribution in [3.8, 4) is 0 Å². The minimum absolute atomic E-state index is 0.0710. The molecule has 1 unspecified atom stereocenters. The van der Waals surface area contributed by atoms with Crippen LogP contribution in [0.4, 0.5) is 0 Å². The molecule has 25 heavy (non-hydrogen) atoms. The lowest BCUT2D eigenvalue weighted by molar-refractivity contribution is -0.148. The van der Waals surface area contributed by atoms with E-state index in [0.29, 0.717) is 6.42 Å². The number of carbonyl (C=O) groups is 2. The molecule has 0 aromatic carbocycles. The van der Waals surface area contributed by atoms with E-state index in [1.807, 2.05) is 6.92 Å². The van der Waals surface area contributed by atoms with Gasteiger partial charge in [0, 0.05) is 12.8 Å². The quantitative estimate of drug-likeness (QED) is 0.244. The summed E-state index contributed by atoms with van der Waals surface area (Å²) in [6.45, 7) is 4.22. The highest BCUT2D eigenvalue weighted by molar-refractivity contribution is 6.18. The molecule has 1 heterocycles. The zero-order chi connectivity index (χ0) is 18.5. The first kappa shape index (κ1) is 21.7. The molecule has 1 aliphatic rings. The highest BCUT2D eigenvalue weighted by Crippen LogP contribution is 2.25. The van der Waals surface area contributed by atoms with Crippen molar-refractivity contribution in [1.29, 1.82) is 0 Å². The third-order valence-electron chi connectivity index (χ3n) is 4.85. The lowest BCUT2D eigenvalue weighted by Crippen LogP contribution is -2.30. The lowest BCUT2D eigenvalue weighted by atomic mass is 9.97. The van der Waals surface area contributed by atoms with Crippen molar-refractivity contribution in [3.05, 3.63) is 11.3 Å². The first-order valence-corrected chi connectivity index (χ1v) is 10.3. The van der Waals surface area contributed by atoms with Gasteiger partial charge in [0.1, 0.15) is 17.4 Å². The van der Waals surface area contributed by atoms with Gasteiger partial charge in [0.2, 0.25) is 0 Å². The molecule has 4 heteroatoms. The number of carbonyl (C=O) groups excluding carboxylic acids is 2. The van der Waals surface area contributed by atoms with Gasteiger partial charge in [0.05, 0.1) is 0 Å². The number of aliphatic hydroxyl groups is 1. The maximum Gasteiger partial charge on any atom is 0.345 e. The molecule has 0 radical (unpaired) electrons. The molecule has 1 N–H and O–H groups in total. The molecule has 1 atom stereocenters. The molecule has 1 rings (SSSR count). The molecular weight excluding hydrogens is 316 g/mol. The minimum atomic E-state index is -0.634.